The number of benzene rings is 2. The highest BCUT2D eigenvalue weighted by molar-refractivity contribution is 6.46. The van der Waals surface area contributed by atoms with E-state index in [1.54, 1.807) is 24.3 Å². The number of morpholine rings is 1. The topological polar surface area (TPSA) is 107 Å². The first kappa shape index (κ1) is 26.8. The molecular weight excluding hydrogens is 504 g/mol. The molecule has 1 amide bonds. The number of carbonyl (C=O) groups excluding carboxylic acids is 2. The van der Waals surface area contributed by atoms with Gasteiger partial charge in [-0.2, -0.15) is 0 Å². The first-order chi connectivity index (χ1) is 18.9. The Kier molecular flexibility index (Phi) is 7.67. The number of aliphatic hydroxyl groups excluding tert-OH is 1. The number of nitrogens with zero attached hydrogens (tertiary/aromatic N) is 2. The molecular formula is C29H34N2O8. The number of ketones is 1. The maximum Gasteiger partial charge on any atom is 0.295 e. The molecule has 10 nitrogen and oxygen atoms in total. The first-order valence-electron chi connectivity index (χ1n) is 13.0. The molecule has 0 spiro atoms. The number of Topliss-reactive ketones (excluding diaryl/α,β-unsaturated/α-hetero) is 1. The maximum atomic E-state index is 13.5. The van der Waals surface area contributed by atoms with Gasteiger partial charge in [-0.25, -0.2) is 0 Å². The van der Waals surface area contributed by atoms with E-state index >= 15 is 0 Å². The molecule has 5 rings (SSSR count). The summed E-state index contributed by atoms with van der Waals surface area (Å²) in [6.07, 6.45) is 0.725. The fourth-order valence-electron chi connectivity index (χ4n) is 5.52. The van der Waals surface area contributed by atoms with Crippen LogP contribution in [0.1, 0.15) is 29.7 Å². The van der Waals surface area contributed by atoms with Gasteiger partial charge in [0.2, 0.25) is 5.75 Å². The van der Waals surface area contributed by atoms with Gasteiger partial charge in [0.05, 0.1) is 46.2 Å². The molecule has 3 aliphatic heterocycles. The van der Waals surface area contributed by atoms with Crippen molar-refractivity contribution in [2.24, 2.45) is 0 Å². The lowest BCUT2D eigenvalue weighted by atomic mass is 9.94. The van der Waals surface area contributed by atoms with Crippen LogP contribution in [0.25, 0.3) is 5.76 Å². The Hall–Kier alpha value is -3.76. The SMILES string of the molecule is COc1cc(C2C(=C(O)c3ccc4c(c3)CC(C)O4)C(=O)C(=O)N2CCN2CCOCC2)cc(OC)c1OC. The van der Waals surface area contributed by atoms with Crippen LogP contribution in [0.2, 0.25) is 0 Å². The minimum Gasteiger partial charge on any atom is -0.507 e. The van der Waals surface area contributed by atoms with Crippen molar-refractivity contribution in [3.8, 4) is 23.0 Å². The van der Waals surface area contributed by atoms with E-state index < -0.39 is 17.7 Å². The summed E-state index contributed by atoms with van der Waals surface area (Å²) in [5.74, 6) is 0.278. The predicted molar refractivity (Wildman–Crippen MR) is 143 cm³/mol. The van der Waals surface area contributed by atoms with E-state index in [1.165, 1.54) is 26.2 Å². The van der Waals surface area contributed by atoms with Gasteiger partial charge in [-0.3, -0.25) is 14.5 Å². The summed E-state index contributed by atoms with van der Waals surface area (Å²) in [5, 5.41) is 11.6. The molecule has 10 heteroatoms. The third kappa shape index (κ3) is 5.02. The van der Waals surface area contributed by atoms with E-state index in [-0.39, 0.29) is 24.0 Å². The predicted octanol–water partition coefficient (Wildman–Crippen LogP) is 2.79. The summed E-state index contributed by atoms with van der Waals surface area (Å²) < 4.78 is 27.8. The van der Waals surface area contributed by atoms with Gasteiger partial charge in [0.1, 0.15) is 17.6 Å². The van der Waals surface area contributed by atoms with Crippen LogP contribution in [-0.4, -0.2) is 93.4 Å². The summed E-state index contributed by atoms with van der Waals surface area (Å²) in [6.45, 7) is 5.56. The number of hydrogen-bond donors (Lipinski definition) is 1. The molecule has 2 fully saturated rings. The van der Waals surface area contributed by atoms with Gasteiger partial charge in [0, 0.05) is 38.2 Å². The number of hydrogen-bond acceptors (Lipinski definition) is 9. The van der Waals surface area contributed by atoms with Crippen LogP contribution in [0.4, 0.5) is 0 Å². The highest BCUT2D eigenvalue weighted by Crippen LogP contribution is 2.46. The highest BCUT2D eigenvalue weighted by atomic mass is 16.5. The van der Waals surface area contributed by atoms with Gasteiger partial charge in [-0.15, -0.1) is 0 Å². The molecule has 2 atom stereocenters. The van der Waals surface area contributed by atoms with Crippen molar-refractivity contribution in [2.45, 2.75) is 25.5 Å². The zero-order valence-electron chi connectivity index (χ0n) is 22.7. The molecule has 0 saturated carbocycles. The van der Waals surface area contributed by atoms with Crippen LogP contribution in [0.3, 0.4) is 0 Å². The molecule has 0 radical (unpaired) electrons. The molecule has 0 aliphatic carbocycles. The summed E-state index contributed by atoms with van der Waals surface area (Å²) in [7, 11) is 4.51. The van der Waals surface area contributed by atoms with E-state index in [9.17, 15) is 14.7 Å². The monoisotopic (exact) mass is 538 g/mol. The number of rotatable bonds is 8. The van der Waals surface area contributed by atoms with E-state index in [0.717, 1.165) is 24.4 Å². The number of fused-ring (bicyclic) bond motifs is 1. The molecule has 2 aromatic carbocycles. The minimum absolute atomic E-state index is 0.0168. The Bertz CT molecular complexity index is 1280. The van der Waals surface area contributed by atoms with E-state index in [4.69, 9.17) is 23.7 Å². The molecule has 208 valence electrons. The second kappa shape index (κ2) is 11.2. The van der Waals surface area contributed by atoms with Gasteiger partial charge in [0.25, 0.3) is 11.7 Å². The standard InChI is InChI=1S/C29H34N2O8/c1-17-13-19-14-18(5-6-21(19)39-17)26(32)24-25(20-15-22(35-2)28(37-4)23(16-20)36-3)31(29(34)27(24)33)8-7-30-9-11-38-12-10-30/h5-6,14-17,25,32H,7-13H2,1-4H3. The highest BCUT2D eigenvalue weighted by Gasteiger charge is 2.46. The zero-order valence-corrected chi connectivity index (χ0v) is 22.7. The second-order valence-corrected chi connectivity index (χ2v) is 9.86. The van der Waals surface area contributed by atoms with Crippen molar-refractivity contribution < 1.29 is 38.4 Å². The lowest BCUT2D eigenvalue weighted by Crippen LogP contribution is -2.42. The van der Waals surface area contributed by atoms with E-state index in [0.29, 0.717) is 54.6 Å². The maximum absolute atomic E-state index is 13.5. The van der Waals surface area contributed by atoms with Gasteiger partial charge >= 0.3 is 0 Å². The quantitative estimate of drug-likeness (QED) is 0.308. The molecule has 39 heavy (non-hydrogen) atoms. The first-order valence-corrected chi connectivity index (χ1v) is 13.0. The fourth-order valence-corrected chi connectivity index (χ4v) is 5.52. The number of methoxy groups -OCH3 is 3. The van der Waals surface area contributed by atoms with Crippen LogP contribution in [0, 0.1) is 0 Å². The largest absolute Gasteiger partial charge is 0.507 e. The molecule has 0 bridgehead atoms. The molecule has 2 aromatic rings. The van der Waals surface area contributed by atoms with Crippen molar-refractivity contribution >= 4 is 17.4 Å². The van der Waals surface area contributed by atoms with Crippen molar-refractivity contribution in [1.82, 2.24) is 9.80 Å². The summed E-state index contributed by atoms with van der Waals surface area (Å²) >= 11 is 0. The van der Waals surface area contributed by atoms with E-state index in [1.807, 2.05) is 13.0 Å². The smallest absolute Gasteiger partial charge is 0.295 e. The van der Waals surface area contributed by atoms with Gasteiger partial charge in [-0.05, 0) is 48.4 Å². The van der Waals surface area contributed by atoms with Crippen molar-refractivity contribution in [1.29, 1.82) is 0 Å². The number of aliphatic hydroxyl groups is 1. The Balaban J connectivity index is 1.61. The van der Waals surface area contributed by atoms with E-state index in [2.05, 4.69) is 4.90 Å². The Morgan fingerprint density at radius 3 is 2.33 bits per heavy atom. The second-order valence-electron chi connectivity index (χ2n) is 9.86. The third-order valence-electron chi connectivity index (χ3n) is 7.47. The summed E-state index contributed by atoms with van der Waals surface area (Å²) in [5.41, 5.74) is 1.97. The van der Waals surface area contributed by atoms with Crippen LogP contribution in [0.15, 0.2) is 35.9 Å². The fraction of sp³-hybridized carbons (Fsp3) is 0.448. The molecule has 2 saturated heterocycles. The van der Waals surface area contributed by atoms with Gasteiger partial charge in [-0.1, -0.05) is 0 Å². The molecule has 3 aliphatic rings. The third-order valence-corrected chi connectivity index (χ3v) is 7.47. The number of likely N-dealkylation sites (tertiary alicyclic amines) is 1. The van der Waals surface area contributed by atoms with Crippen LogP contribution in [-0.2, 0) is 20.7 Å². The van der Waals surface area contributed by atoms with Crippen LogP contribution < -0.4 is 18.9 Å². The average molecular weight is 539 g/mol. The lowest BCUT2D eigenvalue weighted by molar-refractivity contribution is -0.140. The molecule has 0 aromatic heterocycles. The van der Waals surface area contributed by atoms with Crippen molar-refractivity contribution in [3.63, 3.8) is 0 Å². The Morgan fingerprint density at radius 2 is 1.69 bits per heavy atom. The lowest BCUT2D eigenvalue weighted by Gasteiger charge is -2.31. The molecule has 1 N–H and O–H groups in total. The summed E-state index contributed by atoms with van der Waals surface area (Å²) in [6, 6.07) is 7.89. The van der Waals surface area contributed by atoms with Crippen molar-refractivity contribution in [3.05, 3.63) is 52.6 Å². The van der Waals surface area contributed by atoms with Gasteiger partial charge < -0.3 is 33.7 Å². The average Bonchev–Trinajstić information content (AvgIpc) is 3.46. The van der Waals surface area contributed by atoms with Crippen LogP contribution >= 0.6 is 0 Å². The number of amides is 1. The van der Waals surface area contributed by atoms with Crippen LogP contribution in [0.5, 0.6) is 23.0 Å². The Labute approximate surface area is 227 Å². The normalized spacial score (nSPS) is 22.5. The minimum atomic E-state index is -0.858. The van der Waals surface area contributed by atoms with Crippen molar-refractivity contribution in [2.75, 3.05) is 60.7 Å². The van der Waals surface area contributed by atoms with Gasteiger partial charge in [0.15, 0.2) is 11.5 Å². The molecule has 2 unspecified atom stereocenters. The Morgan fingerprint density at radius 1 is 1.00 bits per heavy atom. The summed E-state index contributed by atoms with van der Waals surface area (Å²) in [4.78, 5) is 30.7. The molecule has 3 heterocycles. The number of ether oxygens (including phenoxy) is 5. The zero-order chi connectivity index (χ0) is 27.7. The number of carbonyl (C=O) groups is 2.